The third-order valence-electron chi connectivity index (χ3n) is 2.92. The number of nitrogens with one attached hydrogen (secondary N) is 1. The van der Waals surface area contributed by atoms with Crippen LogP contribution in [0.4, 0.5) is 4.39 Å². The van der Waals surface area contributed by atoms with E-state index < -0.39 is 5.82 Å². The molecule has 1 aromatic rings. The molecule has 1 heterocycles. The normalized spacial score (nSPS) is 16.7. The first kappa shape index (κ1) is 13.0. The fourth-order valence-corrected chi connectivity index (χ4v) is 1.95. The van der Waals surface area contributed by atoms with Gasteiger partial charge >= 0.3 is 0 Å². The highest BCUT2D eigenvalue weighted by Crippen LogP contribution is 2.15. The van der Waals surface area contributed by atoms with Gasteiger partial charge in [0.2, 0.25) is 0 Å². The van der Waals surface area contributed by atoms with Gasteiger partial charge in [-0.2, -0.15) is 0 Å². The Morgan fingerprint density at radius 1 is 1.39 bits per heavy atom. The number of ether oxygens (including phenoxy) is 2. The van der Waals surface area contributed by atoms with Crippen molar-refractivity contribution >= 4 is 5.84 Å². The second kappa shape index (κ2) is 5.93. The van der Waals surface area contributed by atoms with Crippen molar-refractivity contribution in [2.75, 3.05) is 13.2 Å². The van der Waals surface area contributed by atoms with Gasteiger partial charge in [0.05, 0.1) is 12.7 Å². The molecule has 98 valence electrons. The van der Waals surface area contributed by atoms with Gasteiger partial charge in [-0.3, -0.25) is 5.41 Å². The van der Waals surface area contributed by atoms with E-state index in [0.29, 0.717) is 30.9 Å². The lowest BCUT2D eigenvalue weighted by atomic mass is 10.1. The number of hydrogen-bond acceptors (Lipinski definition) is 3. The minimum absolute atomic E-state index is 0.137. The summed E-state index contributed by atoms with van der Waals surface area (Å²) < 4.78 is 24.3. The molecule has 0 bridgehead atoms. The molecule has 1 saturated heterocycles. The minimum Gasteiger partial charge on any atom is -0.384 e. The Morgan fingerprint density at radius 3 is 2.78 bits per heavy atom. The maximum absolute atomic E-state index is 13.3. The summed E-state index contributed by atoms with van der Waals surface area (Å²) in [7, 11) is 0. The molecule has 0 aromatic heterocycles. The topological polar surface area (TPSA) is 68.3 Å². The largest absolute Gasteiger partial charge is 0.384 e. The number of hydrogen-bond donors (Lipinski definition) is 2. The Hall–Kier alpha value is -1.46. The van der Waals surface area contributed by atoms with Crippen LogP contribution in [0.25, 0.3) is 0 Å². The summed E-state index contributed by atoms with van der Waals surface area (Å²) in [5.41, 5.74) is 6.44. The number of halogens is 1. The lowest BCUT2D eigenvalue weighted by Gasteiger charge is -2.22. The van der Waals surface area contributed by atoms with Crippen molar-refractivity contribution in [2.24, 2.45) is 5.73 Å². The van der Waals surface area contributed by atoms with E-state index >= 15 is 0 Å². The van der Waals surface area contributed by atoms with Crippen LogP contribution in [0.1, 0.15) is 24.0 Å². The quantitative estimate of drug-likeness (QED) is 0.634. The summed E-state index contributed by atoms with van der Waals surface area (Å²) >= 11 is 0. The molecule has 0 amide bonds. The Kier molecular flexibility index (Phi) is 4.28. The smallest absolute Gasteiger partial charge is 0.124 e. The van der Waals surface area contributed by atoms with Crippen LogP contribution < -0.4 is 5.73 Å². The van der Waals surface area contributed by atoms with Crippen LogP contribution in [-0.2, 0) is 16.1 Å². The highest BCUT2D eigenvalue weighted by molar-refractivity contribution is 5.95. The first-order chi connectivity index (χ1) is 8.65. The summed E-state index contributed by atoms with van der Waals surface area (Å²) in [6.45, 7) is 1.77. The predicted octanol–water partition coefficient (Wildman–Crippen LogP) is 1.81. The molecule has 3 N–H and O–H groups in total. The Bertz CT molecular complexity index is 431. The lowest BCUT2D eigenvalue weighted by Crippen LogP contribution is -2.23. The van der Waals surface area contributed by atoms with Crippen LogP contribution in [-0.4, -0.2) is 25.2 Å². The molecule has 0 unspecified atom stereocenters. The number of amidine groups is 1. The van der Waals surface area contributed by atoms with Crippen LogP contribution in [0.15, 0.2) is 18.2 Å². The van der Waals surface area contributed by atoms with Crippen LogP contribution in [0.3, 0.4) is 0 Å². The summed E-state index contributed by atoms with van der Waals surface area (Å²) in [6.07, 6.45) is 1.91. The second-order valence-corrected chi connectivity index (χ2v) is 4.38. The van der Waals surface area contributed by atoms with E-state index in [4.69, 9.17) is 20.6 Å². The zero-order chi connectivity index (χ0) is 13.0. The van der Waals surface area contributed by atoms with Gasteiger partial charge in [-0.1, -0.05) is 0 Å². The average Bonchev–Trinajstić information content (AvgIpc) is 2.37. The van der Waals surface area contributed by atoms with Gasteiger partial charge in [-0.05, 0) is 36.6 Å². The molecule has 0 atom stereocenters. The van der Waals surface area contributed by atoms with Gasteiger partial charge in [-0.15, -0.1) is 0 Å². The van der Waals surface area contributed by atoms with Crippen LogP contribution in [0.2, 0.25) is 0 Å². The van der Waals surface area contributed by atoms with E-state index in [9.17, 15) is 4.39 Å². The van der Waals surface area contributed by atoms with Crippen molar-refractivity contribution in [1.82, 2.24) is 0 Å². The summed E-state index contributed by atoms with van der Waals surface area (Å²) in [5.74, 6) is -0.532. The van der Waals surface area contributed by atoms with E-state index in [1.165, 1.54) is 12.1 Å². The molecule has 4 nitrogen and oxygen atoms in total. The van der Waals surface area contributed by atoms with E-state index in [1.807, 2.05) is 0 Å². The molecule has 0 spiro atoms. The summed E-state index contributed by atoms with van der Waals surface area (Å²) in [4.78, 5) is 0. The predicted molar refractivity (Wildman–Crippen MR) is 66.0 cm³/mol. The van der Waals surface area contributed by atoms with Gasteiger partial charge in [0, 0.05) is 18.8 Å². The zero-order valence-corrected chi connectivity index (χ0v) is 10.1. The van der Waals surface area contributed by atoms with Gasteiger partial charge in [0.25, 0.3) is 0 Å². The van der Waals surface area contributed by atoms with E-state index in [-0.39, 0.29) is 11.9 Å². The average molecular weight is 252 g/mol. The standard InChI is InChI=1S/C13H17FN2O2/c14-11-6-9(5-10(7-11)13(15)16)8-18-12-1-3-17-4-2-12/h5-7,12H,1-4,8H2,(H3,15,16). The number of nitrogens with two attached hydrogens (primary N) is 1. The van der Waals surface area contributed by atoms with Crippen LogP contribution >= 0.6 is 0 Å². The minimum atomic E-state index is -0.395. The molecule has 5 heteroatoms. The molecular formula is C13H17FN2O2. The first-order valence-corrected chi connectivity index (χ1v) is 5.98. The van der Waals surface area contributed by atoms with Crippen molar-refractivity contribution in [2.45, 2.75) is 25.6 Å². The molecule has 1 aromatic carbocycles. The fraction of sp³-hybridized carbons (Fsp3) is 0.462. The molecule has 1 aliphatic heterocycles. The van der Waals surface area contributed by atoms with Crippen molar-refractivity contribution in [3.05, 3.63) is 35.1 Å². The number of rotatable bonds is 4. The molecule has 18 heavy (non-hydrogen) atoms. The molecule has 1 aliphatic rings. The zero-order valence-electron chi connectivity index (χ0n) is 10.1. The molecule has 1 fully saturated rings. The Balaban J connectivity index is 1.97. The van der Waals surface area contributed by atoms with Gasteiger partial charge < -0.3 is 15.2 Å². The molecule has 0 aliphatic carbocycles. The third-order valence-corrected chi connectivity index (χ3v) is 2.92. The van der Waals surface area contributed by atoms with Crippen molar-refractivity contribution in [3.63, 3.8) is 0 Å². The molecule has 0 saturated carbocycles. The van der Waals surface area contributed by atoms with E-state index in [0.717, 1.165) is 12.8 Å². The summed E-state index contributed by atoms with van der Waals surface area (Å²) in [6, 6.07) is 4.34. The summed E-state index contributed by atoms with van der Waals surface area (Å²) in [5, 5.41) is 7.31. The SMILES string of the molecule is N=C(N)c1cc(F)cc(COC2CCOCC2)c1. The molecular weight excluding hydrogens is 235 g/mol. The second-order valence-electron chi connectivity index (χ2n) is 4.38. The van der Waals surface area contributed by atoms with E-state index in [2.05, 4.69) is 0 Å². The van der Waals surface area contributed by atoms with Gasteiger partial charge in [0.15, 0.2) is 0 Å². The molecule has 2 rings (SSSR count). The maximum atomic E-state index is 13.3. The fourth-order valence-electron chi connectivity index (χ4n) is 1.95. The maximum Gasteiger partial charge on any atom is 0.124 e. The van der Waals surface area contributed by atoms with Gasteiger partial charge in [0.1, 0.15) is 11.7 Å². The Labute approximate surface area is 105 Å². The van der Waals surface area contributed by atoms with Crippen molar-refractivity contribution in [1.29, 1.82) is 5.41 Å². The van der Waals surface area contributed by atoms with Crippen LogP contribution in [0, 0.1) is 11.2 Å². The highest BCUT2D eigenvalue weighted by Gasteiger charge is 2.14. The number of benzene rings is 1. The van der Waals surface area contributed by atoms with Gasteiger partial charge in [-0.25, -0.2) is 4.39 Å². The highest BCUT2D eigenvalue weighted by atomic mass is 19.1. The lowest BCUT2D eigenvalue weighted by molar-refractivity contribution is -0.0391. The van der Waals surface area contributed by atoms with E-state index in [1.54, 1.807) is 6.07 Å². The molecule has 0 radical (unpaired) electrons. The number of nitrogen functional groups attached to an aromatic ring is 1. The van der Waals surface area contributed by atoms with Crippen molar-refractivity contribution < 1.29 is 13.9 Å². The Morgan fingerprint density at radius 2 is 2.11 bits per heavy atom. The third kappa shape index (κ3) is 3.51. The van der Waals surface area contributed by atoms with Crippen LogP contribution in [0.5, 0.6) is 0 Å². The first-order valence-electron chi connectivity index (χ1n) is 5.98. The van der Waals surface area contributed by atoms with Crippen molar-refractivity contribution in [3.8, 4) is 0 Å². The monoisotopic (exact) mass is 252 g/mol.